The number of amides is 2. The van der Waals surface area contributed by atoms with Gasteiger partial charge in [0.1, 0.15) is 0 Å². The molecule has 0 atom stereocenters. The van der Waals surface area contributed by atoms with E-state index < -0.39 is 0 Å². The van der Waals surface area contributed by atoms with Crippen molar-refractivity contribution in [1.82, 2.24) is 9.88 Å². The topological polar surface area (TPSA) is 50.3 Å². The Kier molecular flexibility index (Phi) is 5.21. The highest BCUT2D eigenvalue weighted by Gasteiger charge is 2.34. The highest BCUT2D eigenvalue weighted by Crippen LogP contribution is 2.24. The lowest BCUT2D eigenvalue weighted by Crippen LogP contribution is -2.30. The number of unbranched alkanes of at least 4 members (excludes halogenated alkanes) is 1. The lowest BCUT2D eigenvalue weighted by atomic mass is 10.1. The number of hydrogen-bond acceptors (Lipinski definition) is 4. The van der Waals surface area contributed by atoms with E-state index in [1.54, 1.807) is 24.3 Å². The maximum absolute atomic E-state index is 12.3. The second-order valence-electron chi connectivity index (χ2n) is 6.56. The first-order chi connectivity index (χ1) is 13.3. The molecule has 0 saturated carbocycles. The Morgan fingerprint density at radius 3 is 2.37 bits per heavy atom. The number of carbonyl (C=O) groups excluding carboxylic acids is 2. The van der Waals surface area contributed by atoms with E-state index in [4.69, 9.17) is 0 Å². The minimum atomic E-state index is -0.162. The Hall–Kier alpha value is -2.66. The summed E-state index contributed by atoms with van der Waals surface area (Å²) in [6.45, 7) is 0.489. The zero-order valence-corrected chi connectivity index (χ0v) is 15.7. The number of pyridine rings is 1. The molecule has 0 radical (unpaired) electrons. The van der Waals surface area contributed by atoms with Gasteiger partial charge in [0, 0.05) is 23.9 Å². The molecule has 1 aliphatic rings. The summed E-state index contributed by atoms with van der Waals surface area (Å²) in [7, 11) is 0. The largest absolute Gasteiger partial charge is 0.274 e. The summed E-state index contributed by atoms with van der Waals surface area (Å²) in [5, 5.41) is 1.17. The van der Waals surface area contributed by atoms with Crippen LogP contribution in [0, 0.1) is 0 Å². The molecule has 1 aromatic heterocycles. The van der Waals surface area contributed by atoms with Gasteiger partial charge in [0.25, 0.3) is 11.8 Å². The number of carbonyl (C=O) groups is 2. The van der Waals surface area contributed by atoms with E-state index in [2.05, 4.69) is 29.2 Å². The SMILES string of the molecule is O=C1c2ccccc2C(=O)N1CCCCSCc1cccc2cccnc12. The molecular formula is C22H20N2O2S. The van der Waals surface area contributed by atoms with Crippen molar-refractivity contribution in [2.45, 2.75) is 18.6 Å². The first-order valence-electron chi connectivity index (χ1n) is 9.11. The summed E-state index contributed by atoms with van der Waals surface area (Å²) < 4.78 is 0. The molecular weight excluding hydrogens is 356 g/mol. The summed E-state index contributed by atoms with van der Waals surface area (Å²) in [6, 6.07) is 17.4. The summed E-state index contributed by atoms with van der Waals surface area (Å²) in [4.78, 5) is 30.5. The van der Waals surface area contributed by atoms with Crippen LogP contribution in [0.5, 0.6) is 0 Å². The average molecular weight is 376 g/mol. The minimum absolute atomic E-state index is 0.162. The number of imide groups is 1. The zero-order chi connectivity index (χ0) is 18.6. The van der Waals surface area contributed by atoms with Gasteiger partial charge in [-0.05, 0) is 42.4 Å². The van der Waals surface area contributed by atoms with Gasteiger partial charge in [-0.3, -0.25) is 19.5 Å². The van der Waals surface area contributed by atoms with Crippen molar-refractivity contribution in [3.63, 3.8) is 0 Å². The fourth-order valence-electron chi connectivity index (χ4n) is 3.38. The molecule has 2 amide bonds. The Morgan fingerprint density at radius 2 is 1.59 bits per heavy atom. The fraction of sp³-hybridized carbons (Fsp3) is 0.227. The van der Waals surface area contributed by atoms with Crippen molar-refractivity contribution < 1.29 is 9.59 Å². The molecule has 0 aliphatic carbocycles. The van der Waals surface area contributed by atoms with Gasteiger partial charge in [0.2, 0.25) is 0 Å². The van der Waals surface area contributed by atoms with Gasteiger partial charge in [-0.15, -0.1) is 0 Å². The summed E-state index contributed by atoms with van der Waals surface area (Å²) in [5.74, 6) is 1.59. The third-order valence-corrected chi connectivity index (χ3v) is 5.86. The van der Waals surface area contributed by atoms with Crippen molar-refractivity contribution >= 4 is 34.5 Å². The molecule has 0 unspecified atom stereocenters. The van der Waals surface area contributed by atoms with Gasteiger partial charge in [0.15, 0.2) is 0 Å². The average Bonchev–Trinajstić information content (AvgIpc) is 2.95. The standard InChI is InChI=1S/C22H20N2O2S/c25-21-18-10-1-2-11-19(18)22(26)24(21)13-3-4-14-27-15-17-8-5-7-16-9-6-12-23-20(16)17/h1-2,5-12H,3-4,13-15H2. The number of nitrogens with zero attached hydrogens (tertiary/aromatic N) is 2. The molecule has 0 N–H and O–H groups in total. The first-order valence-corrected chi connectivity index (χ1v) is 10.3. The highest BCUT2D eigenvalue weighted by molar-refractivity contribution is 7.98. The molecule has 0 spiro atoms. The van der Waals surface area contributed by atoms with E-state index in [-0.39, 0.29) is 11.8 Å². The Balaban J connectivity index is 1.25. The number of rotatable bonds is 7. The lowest BCUT2D eigenvalue weighted by molar-refractivity contribution is 0.0652. The molecule has 4 rings (SSSR count). The number of thioether (sulfide) groups is 1. The van der Waals surface area contributed by atoms with Gasteiger partial charge >= 0.3 is 0 Å². The zero-order valence-electron chi connectivity index (χ0n) is 14.9. The lowest BCUT2D eigenvalue weighted by Gasteiger charge is -2.13. The number of para-hydroxylation sites is 1. The van der Waals surface area contributed by atoms with Crippen molar-refractivity contribution in [2.75, 3.05) is 12.3 Å². The molecule has 5 heteroatoms. The van der Waals surface area contributed by atoms with Gasteiger partial charge in [-0.25, -0.2) is 0 Å². The van der Waals surface area contributed by atoms with Gasteiger partial charge in [0.05, 0.1) is 16.6 Å². The number of aromatic nitrogens is 1. The molecule has 2 aromatic carbocycles. The fourth-order valence-corrected chi connectivity index (χ4v) is 4.39. The Bertz CT molecular complexity index is 962. The van der Waals surface area contributed by atoms with Gasteiger partial charge in [-0.1, -0.05) is 36.4 Å². The molecule has 0 fully saturated rings. The quantitative estimate of drug-likeness (QED) is 0.449. The summed E-state index contributed by atoms with van der Waals surface area (Å²) in [5.41, 5.74) is 3.37. The Morgan fingerprint density at radius 1 is 0.852 bits per heavy atom. The van der Waals surface area contributed by atoms with Crippen LogP contribution in [-0.2, 0) is 5.75 Å². The van der Waals surface area contributed by atoms with Crippen molar-refractivity contribution in [3.05, 3.63) is 77.5 Å². The van der Waals surface area contributed by atoms with E-state index in [1.165, 1.54) is 15.8 Å². The first kappa shape index (κ1) is 17.7. The highest BCUT2D eigenvalue weighted by atomic mass is 32.2. The minimum Gasteiger partial charge on any atom is -0.274 e. The van der Waals surface area contributed by atoms with Gasteiger partial charge < -0.3 is 0 Å². The van der Waals surface area contributed by atoms with E-state index in [0.29, 0.717) is 17.7 Å². The molecule has 2 heterocycles. The maximum Gasteiger partial charge on any atom is 0.261 e. The number of benzene rings is 2. The molecule has 3 aromatic rings. The van der Waals surface area contributed by atoms with Crippen LogP contribution in [0.25, 0.3) is 10.9 Å². The van der Waals surface area contributed by atoms with Crippen LogP contribution in [-0.4, -0.2) is 34.0 Å². The van der Waals surface area contributed by atoms with Crippen molar-refractivity contribution in [3.8, 4) is 0 Å². The van der Waals surface area contributed by atoms with Crippen LogP contribution in [0.3, 0.4) is 0 Å². The summed E-state index contributed by atoms with van der Waals surface area (Å²) >= 11 is 1.86. The molecule has 4 nitrogen and oxygen atoms in total. The second kappa shape index (κ2) is 7.92. The van der Waals surface area contributed by atoms with Crippen molar-refractivity contribution in [2.24, 2.45) is 0 Å². The molecule has 136 valence electrons. The molecule has 0 bridgehead atoms. The smallest absolute Gasteiger partial charge is 0.261 e. The third kappa shape index (κ3) is 3.60. The third-order valence-electron chi connectivity index (χ3n) is 4.77. The maximum atomic E-state index is 12.3. The monoisotopic (exact) mass is 376 g/mol. The molecule has 0 saturated heterocycles. The van der Waals surface area contributed by atoms with Crippen LogP contribution < -0.4 is 0 Å². The van der Waals surface area contributed by atoms with E-state index in [0.717, 1.165) is 29.9 Å². The predicted octanol–water partition coefficient (Wildman–Crippen LogP) is 4.54. The number of fused-ring (bicyclic) bond motifs is 2. The molecule has 1 aliphatic heterocycles. The number of hydrogen-bond donors (Lipinski definition) is 0. The normalized spacial score (nSPS) is 13.4. The van der Waals surface area contributed by atoms with Gasteiger partial charge in [-0.2, -0.15) is 11.8 Å². The van der Waals surface area contributed by atoms with Crippen LogP contribution in [0.1, 0.15) is 39.1 Å². The van der Waals surface area contributed by atoms with Crippen LogP contribution in [0.4, 0.5) is 0 Å². The van der Waals surface area contributed by atoms with Crippen LogP contribution >= 0.6 is 11.8 Å². The van der Waals surface area contributed by atoms with E-state index in [9.17, 15) is 9.59 Å². The van der Waals surface area contributed by atoms with Crippen LogP contribution in [0.2, 0.25) is 0 Å². The second-order valence-corrected chi connectivity index (χ2v) is 7.66. The predicted molar refractivity (Wildman–Crippen MR) is 109 cm³/mol. The van der Waals surface area contributed by atoms with E-state index in [1.807, 2.05) is 24.0 Å². The van der Waals surface area contributed by atoms with E-state index >= 15 is 0 Å². The summed E-state index contributed by atoms with van der Waals surface area (Å²) in [6.07, 6.45) is 3.63. The van der Waals surface area contributed by atoms with Crippen molar-refractivity contribution in [1.29, 1.82) is 0 Å². The Labute approximate surface area is 162 Å². The molecule has 27 heavy (non-hydrogen) atoms. The van der Waals surface area contributed by atoms with Crippen LogP contribution in [0.15, 0.2) is 60.8 Å².